The quantitative estimate of drug-likeness (QED) is 0.259. The van der Waals surface area contributed by atoms with Crippen LogP contribution in [0, 0.1) is 24.0 Å². The van der Waals surface area contributed by atoms with Gasteiger partial charge in [-0.3, -0.25) is 9.88 Å². The van der Waals surface area contributed by atoms with Gasteiger partial charge in [0.2, 0.25) is 0 Å². The molecule has 9 nitrogen and oxygen atoms in total. The van der Waals surface area contributed by atoms with Crippen molar-refractivity contribution in [3.05, 3.63) is 59.6 Å². The Labute approximate surface area is 275 Å². The molecule has 4 aromatic rings. The van der Waals surface area contributed by atoms with Crippen molar-refractivity contribution in [2.24, 2.45) is 0 Å². The third-order valence-corrected chi connectivity index (χ3v) is 10.5. The van der Waals surface area contributed by atoms with Crippen molar-refractivity contribution in [2.45, 2.75) is 49.2 Å². The first-order chi connectivity index (χ1) is 23.2. The van der Waals surface area contributed by atoms with Gasteiger partial charge in [0.25, 0.3) is 0 Å². The minimum atomic E-state index is -0.783. The molecular formula is C36H35F3N6O3. The summed E-state index contributed by atoms with van der Waals surface area (Å²) in [5, 5.41) is 15.4. The Morgan fingerprint density at radius 1 is 1.21 bits per heavy atom. The summed E-state index contributed by atoms with van der Waals surface area (Å²) in [4.78, 5) is 18.3. The number of fused-ring (bicyclic) bond motifs is 5. The Kier molecular flexibility index (Phi) is 7.47. The second-order valence-electron chi connectivity index (χ2n) is 13.6. The Balaban J connectivity index is 1.27. The number of phenols is 1. The number of pyridine rings is 1. The van der Waals surface area contributed by atoms with E-state index in [1.807, 2.05) is 0 Å². The molecule has 3 unspecified atom stereocenters. The number of rotatable bonds is 7. The number of phenolic OH excluding ortho intramolecular Hbond substituents is 1. The van der Waals surface area contributed by atoms with Crippen LogP contribution in [0.2, 0.25) is 0 Å². The van der Waals surface area contributed by atoms with Gasteiger partial charge in [-0.25, -0.2) is 13.2 Å². The first kappa shape index (κ1) is 30.9. The first-order valence-electron chi connectivity index (χ1n) is 16.2. The second kappa shape index (κ2) is 11.6. The molecule has 4 fully saturated rings. The number of ether oxygens (including phenoxy) is 2. The average molecular weight is 657 g/mol. The van der Waals surface area contributed by atoms with E-state index < -0.39 is 11.6 Å². The van der Waals surface area contributed by atoms with Gasteiger partial charge in [0.05, 0.1) is 35.0 Å². The fourth-order valence-electron chi connectivity index (χ4n) is 8.50. The molecule has 4 saturated heterocycles. The largest absolute Gasteiger partial charge is 0.508 e. The molecule has 0 radical (unpaired) electrons. The number of halogens is 3. The number of aromatic nitrogens is 3. The van der Waals surface area contributed by atoms with Crippen LogP contribution in [0.5, 0.6) is 11.8 Å². The molecule has 2 aromatic carbocycles. The molecule has 8 rings (SSSR count). The van der Waals surface area contributed by atoms with E-state index in [0.29, 0.717) is 55.6 Å². The zero-order chi connectivity index (χ0) is 33.2. The highest BCUT2D eigenvalue weighted by Crippen LogP contribution is 2.43. The molecule has 6 heterocycles. The summed E-state index contributed by atoms with van der Waals surface area (Å²) in [5.74, 6) is 1.28. The van der Waals surface area contributed by atoms with E-state index in [1.54, 1.807) is 7.11 Å². The number of piperazine rings is 1. The summed E-state index contributed by atoms with van der Waals surface area (Å²) >= 11 is 0. The van der Waals surface area contributed by atoms with Gasteiger partial charge < -0.3 is 24.8 Å². The number of hydrogen-bond acceptors (Lipinski definition) is 9. The maximum absolute atomic E-state index is 16.9. The Morgan fingerprint density at radius 2 is 2.08 bits per heavy atom. The van der Waals surface area contributed by atoms with E-state index in [0.717, 1.165) is 37.8 Å². The minimum Gasteiger partial charge on any atom is -0.508 e. The van der Waals surface area contributed by atoms with E-state index in [9.17, 15) is 13.9 Å². The molecule has 2 aromatic heterocycles. The zero-order valence-electron chi connectivity index (χ0n) is 26.5. The molecule has 4 aliphatic rings. The summed E-state index contributed by atoms with van der Waals surface area (Å²) < 4.78 is 57.3. The average Bonchev–Trinajstić information content (AvgIpc) is 3.73. The summed E-state index contributed by atoms with van der Waals surface area (Å²) in [6.45, 7) is 3.31. The van der Waals surface area contributed by atoms with Gasteiger partial charge in [-0.1, -0.05) is 12.0 Å². The maximum Gasteiger partial charge on any atom is 0.319 e. The van der Waals surface area contributed by atoms with Crippen LogP contribution in [0.3, 0.4) is 0 Å². The van der Waals surface area contributed by atoms with Crippen LogP contribution in [-0.4, -0.2) is 88.6 Å². The molecule has 12 heteroatoms. The van der Waals surface area contributed by atoms with Gasteiger partial charge >= 0.3 is 6.01 Å². The third kappa shape index (κ3) is 4.95. The Hall–Kier alpha value is -4.44. The minimum absolute atomic E-state index is 0.00440. The lowest BCUT2D eigenvalue weighted by Gasteiger charge is -2.41. The van der Waals surface area contributed by atoms with Crippen LogP contribution in [-0.2, 0) is 4.74 Å². The molecule has 4 aliphatic heterocycles. The Morgan fingerprint density at radius 3 is 2.90 bits per heavy atom. The van der Waals surface area contributed by atoms with Crippen LogP contribution in [0.15, 0.2) is 42.4 Å². The van der Waals surface area contributed by atoms with Gasteiger partial charge in [0.1, 0.15) is 35.2 Å². The lowest BCUT2D eigenvalue weighted by atomic mass is 9.94. The summed E-state index contributed by atoms with van der Waals surface area (Å²) in [7, 11) is 1.68. The molecule has 2 N–H and O–H groups in total. The van der Waals surface area contributed by atoms with Gasteiger partial charge in [0.15, 0.2) is 5.82 Å². The highest BCUT2D eigenvalue weighted by atomic mass is 19.1. The van der Waals surface area contributed by atoms with E-state index in [-0.39, 0.29) is 63.2 Å². The van der Waals surface area contributed by atoms with Gasteiger partial charge in [-0.2, -0.15) is 9.97 Å². The topological polar surface area (TPSA) is 95.9 Å². The van der Waals surface area contributed by atoms with Gasteiger partial charge in [-0.05, 0) is 67.8 Å². The predicted octanol–water partition coefficient (Wildman–Crippen LogP) is 5.24. The number of aromatic hydroxyl groups is 1. The van der Waals surface area contributed by atoms with Crippen LogP contribution in [0.25, 0.3) is 32.9 Å². The lowest BCUT2D eigenvalue weighted by molar-refractivity contribution is 0.107. The van der Waals surface area contributed by atoms with Crippen LogP contribution < -0.4 is 15.0 Å². The van der Waals surface area contributed by atoms with Gasteiger partial charge in [0, 0.05) is 49.9 Å². The molecule has 0 spiro atoms. The van der Waals surface area contributed by atoms with Crippen molar-refractivity contribution in [2.75, 3.05) is 51.4 Å². The second-order valence-corrected chi connectivity index (χ2v) is 13.6. The maximum atomic E-state index is 16.9. The summed E-state index contributed by atoms with van der Waals surface area (Å²) in [6, 6.07) is 5.64. The fourth-order valence-corrected chi connectivity index (χ4v) is 8.50. The highest BCUT2D eigenvalue weighted by Gasteiger charge is 2.48. The van der Waals surface area contributed by atoms with Gasteiger partial charge in [-0.15, -0.1) is 6.42 Å². The molecular weight excluding hydrogens is 621 g/mol. The zero-order valence-corrected chi connectivity index (χ0v) is 26.5. The van der Waals surface area contributed by atoms with Crippen molar-refractivity contribution < 1.29 is 27.8 Å². The third-order valence-electron chi connectivity index (χ3n) is 10.5. The standard InChI is InChI=1S/C36H35F3N6O3/c1-3-25-28(38)6-5-22-11-24(46)12-26(29(22)25)31-30(39)32-27(15-40-31)33(44-17-23-7-9-35(18-44,43-23)19-47-2)42-34(41-32)48-20-36-8-4-10-45(36)16-21(13-36)14-37/h1,5-6,11-12,14-15,23,43,46H,4,7-10,13,16-20H2,2H3/b21-14+. The molecule has 48 heavy (non-hydrogen) atoms. The molecule has 2 bridgehead atoms. The number of methoxy groups -OCH3 is 1. The first-order valence-corrected chi connectivity index (χ1v) is 16.2. The molecule has 0 saturated carbocycles. The fraction of sp³-hybridized carbons (Fsp3) is 0.417. The van der Waals surface area contributed by atoms with Crippen molar-refractivity contribution >= 4 is 27.5 Å². The van der Waals surface area contributed by atoms with Crippen molar-refractivity contribution in [3.8, 4) is 35.4 Å². The van der Waals surface area contributed by atoms with Crippen molar-refractivity contribution in [1.29, 1.82) is 0 Å². The Bertz CT molecular complexity index is 2030. The van der Waals surface area contributed by atoms with Crippen LogP contribution in [0.4, 0.5) is 19.0 Å². The number of hydrogen-bond donors (Lipinski definition) is 2. The lowest BCUT2D eigenvalue weighted by Crippen LogP contribution is -2.61. The van der Waals surface area contributed by atoms with Crippen molar-refractivity contribution in [1.82, 2.24) is 25.2 Å². The van der Waals surface area contributed by atoms with E-state index in [1.165, 1.54) is 30.5 Å². The number of anilines is 1. The van der Waals surface area contributed by atoms with Crippen LogP contribution in [0.1, 0.15) is 37.7 Å². The van der Waals surface area contributed by atoms with E-state index >= 15 is 4.39 Å². The SMILES string of the molecule is C#Cc1c(F)ccc2cc(O)cc(-c3ncc4c(N5CC6CCC(COC)(C5)N6)nc(OCC56CCCN5C/C(=C/F)C6)nc4c3F)c12. The van der Waals surface area contributed by atoms with Crippen molar-refractivity contribution in [3.63, 3.8) is 0 Å². The van der Waals surface area contributed by atoms with Crippen LogP contribution >= 0.6 is 0 Å². The number of benzene rings is 2. The smallest absolute Gasteiger partial charge is 0.319 e. The summed E-state index contributed by atoms with van der Waals surface area (Å²) in [5.41, 5.74) is -0.0537. The molecule has 0 amide bonds. The summed E-state index contributed by atoms with van der Waals surface area (Å²) in [6.07, 6.45) is 12.1. The molecule has 3 atom stereocenters. The normalized spacial score (nSPS) is 26.1. The molecule has 0 aliphatic carbocycles. The number of nitrogens with one attached hydrogen (secondary N) is 1. The highest BCUT2D eigenvalue weighted by molar-refractivity contribution is 6.03. The predicted molar refractivity (Wildman–Crippen MR) is 176 cm³/mol. The number of terminal acetylenes is 1. The molecule has 248 valence electrons. The monoisotopic (exact) mass is 656 g/mol. The number of nitrogens with zero attached hydrogens (tertiary/aromatic N) is 5. The van der Waals surface area contributed by atoms with E-state index in [4.69, 9.17) is 20.9 Å². The van der Waals surface area contributed by atoms with E-state index in [2.05, 4.69) is 31.0 Å².